The van der Waals surface area contributed by atoms with Crippen LogP contribution >= 0.6 is 15.9 Å². The van der Waals surface area contributed by atoms with Crippen molar-refractivity contribution < 1.29 is 19.1 Å². The Morgan fingerprint density at radius 2 is 2.00 bits per heavy atom. The Balaban J connectivity index is 1.46. The molecule has 6 heteroatoms. The standard InChI is InChI=1S/C20H20BrNO4/c21-17-8-1-2-9-18(17)25-13-5-11-20(24)26-16-7-3-6-15(14-16)22-12-4-10-19(22)23/h1-3,6-9,14H,4-5,10-13H2. The van der Waals surface area contributed by atoms with Crippen molar-refractivity contribution in [1.82, 2.24) is 0 Å². The molecule has 0 N–H and O–H groups in total. The fourth-order valence-corrected chi connectivity index (χ4v) is 3.18. The van der Waals surface area contributed by atoms with Gasteiger partial charge in [0.05, 0.1) is 11.1 Å². The molecular formula is C20H20BrNO4. The lowest BCUT2D eigenvalue weighted by Crippen LogP contribution is -2.23. The molecule has 1 fully saturated rings. The van der Waals surface area contributed by atoms with E-state index >= 15 is 0 Å². The molecule has 3 rings (SSSR count). The number of nitrogens with zero attached hydrogens (tertiary/aromatic N) is 1. The highest BCUT2D eigenvalue weighted by Gasteiger charge is 2.22. The number of rotatable bonds is 7. The van der Waals surface area contributed by atoms with Crippen LogP contribution in [0.3, 0.4) is 0 Å². The fourth-order valence-electron chi connectivity index (χ4n) is 2.78. The molecule has 136 valence electrons. The van der Waals surface area contributed by atoms with E-state index in [1.54, 1.807) is 23.1 Å². The lowest BCUT2D eigenvalue weighted by atomic mass is 10.2. The average molecular weight is 418 g/mol. The molecule has 0 aromatic heterocycles. The second-order valence-electron chi connectivity index (χ2n) is 6.00. The predicted molar refractivity (Wildman–Crippen MR) is 103 cm³/mol. The Hall–Kier alpha value is -2.34. The minimum atomic E-state index is -0.314. The molecule has 5 nitrogen and oxygen atoms in total. The quantitative estimate of drug-likeness (QED) is 0.381. The third kappa shape index (κ3) is 4.85. The van der Waals surface area contributed by atoms with Gasteiger partial charge in [-0.1, -0.05) is 18.2 Å². The normalized spacial score (nSPS) is 13.7. The first-order valence-electron chi connectivity index (χ1n) is 8.62. The highest BCUT2D eigenvalue weighted by atomic mass is 79.9. The highest BCUT2D eigenvalue weighted by molar-refractivity contribution is 9.10. The molecule has 0 radical (unpaired) electrons. The number of halogens is 1. The molecule has 1 saturated heterocycles. The average Bonchev–Trinajstić information content (AvgIpc) is 3.06. The van der Waals surface area contributed by atoms with E-state index in [4.69, 9.17) is 9.47 Å². The van der Waals surface area contributed by atoms with Crippen molar-refractivity contribution in [2.45, 2.75) is 25.7 Å². The Bertz CT molecular complexity index is 793. The summed E-state index contributed by atoms with van der Waals surface area (Å²) in [6, 6.07) is 14.7. The van der Waals surface area contributed by atoms with Gasteiger partial charge < -0.3 is 14.4 Å². The zero-order valence-electron chi connectivity index (χ0n) is 14.3. The molecule has 0 saturated carbocycles. The summed E-state index contributed by atoms with van der Waals surface area (Å²) in [6.07, 6.45) is 2.25. The molecule has 1 heterocycles. The maximum absolute atomic E-state index is 12.0. The summed E-state index contributed by atoms with van der Waals surface area (Å²) in [5.41, 5.74) is 0.773. The summed E-state index contributed by atoms with van der Waals surface area (Å²) in [4.78, 5) is 25.6. The van der Waals surface area contributed by atoms with Crippen LogP contribution in [0.15, 0.2) is 53.0 Å². The Morgan fingerprint density at radius 1 is 1.15 bits per heavy atom. The van der Waals surface area contributed by atoms with Crippen molar-refractivity contribution in [1.29, 1.82) is 0 Å². The van der Waals surface area contributed by atoms with Gasteiger partial charge in [0.2, 0.25) is 5.91 Å². The van der Waals surface area contributed by atoms with E-state index in [9.17, 15) is 9.59 Å². The summed E-state index contributed by atoms with van der Waals surface area (Å²) < 4.78 is 11.9. The number of hydrogen-bond acceptors (Lipinski definition) is 4. The Kier molecular flexibility index (Phi) is 6.28. The zero-order chi connectivity index (χ0) is 18.4. The van der Waals surface area contributed by atoms with Crippen LogP contribution in [0.4, 0.5) is 5.69 Å². The van der Waals surface area contributed by atoms with Crippen LogP contribution in [-0.4, -0.2) is 25.0 Å². The number of carbonyl (C=O) groups is 2. The molecule has 1 aliphatic rings. The fraction of sp³-hybridized carbons (Fsp3) is 0.300. The van der Waals surface area contributed by atoms with Gasteiger partial charge in [-0.2, -0.15) is 0 Å². The number of ether oxygens (including phenoxy) is 2. The van der Waals surface area contributed by atoms with Gasteiger partial charge in [-0.05, 0) is 53.0 Å². The summed E-state index contributed by atoms with van der Waals surface area (Å²) in [5.74, 6) is 1.01. The highest BCUT2D eigenvalue weighted by Crippen LogP contribution is 2.26. The van der Waals surface area contributed by atoms with Gasteiger partial charge in [0, 0.05) is 31.1 Å². The Morgan fingerprint density at radius 3 is 2.77 bits per heavy atom. The lowest BCUT2D eigenvalue weighted by Gasteiger charge is -2.16. The number of esters is 1. The maximum atomic E-state index is 12.0. The first kappa shape index (κ1) is 18.5. The van der Waals surface area contributed by atoms with Crippen molar-refractivity contribution in [3.8, 4) is 11.5 Å². The molecule has 0 bridgehead atoms. The second-order valence-corrected chi connectivity index (χ2v) is 6.86. The summed E-state index contributed by atoms with van der Waals surface area (Å²) in [5, 5.41) is 0. The van der Waals surface area contributed by atoms with Crippen LogP contribution in [0.1, 0.15) is 25.7 Å². The van der Waals surface area contributed by atoms with Gasteiger partial charge in [0.1, 0.15) is 11.5 Å². The Labute approximate surface area is 161 Å². The van der Waals surface area contributed by atoms with Crippen LogP contribution in [0.2, 0.25) is 0 Å². The van der Waals surface area contributed by atoms with Crippen LogP contribution in [0.5, 0.6) is 11.5 Å². The van der Waals surface area contributed by atoms with E-state index in [0.29, 0.717) is 31.7 Å². The first-order valence-corrected chi connectivity index (χ1v) is 9.41. The first-order chi connectivity index (χ1) is 12.6. The molecule has 2 aromatic carbocycles. The number of para-hydroxylation sites is 1. The number of carbonyl (C=O) groups excluding carboxylic acids is 2. The van der Waals surface area contributed by atoms with Gasteiger partial charge >= 0.3 is 5.97 Å². The maximum Gasteiger partial charge on any atom is 0.311 e. The van der Waals surface area contributed by atoms with Crippen LogP contribution in [0.25, 0.3) is 0 Å². The minimum Gasteiger partial charge on any atom is -0.492 e. The molecule has 0 atom stereocenters. The molecular weight excluding hydrogens is 398 g/mol. The number of benzene rings is 2. The van der Waals surface area contributed by atoms with Gasteiger partial charge in [-0.25, -0.2) is 0 Å². The van der Waals surface area contributed by atoms with Crippen molar-refractivity contribution in [2.75, 3.05) is 18.1 Å². The van der Waals surface area contributed by atoms with Crippen molar-refractivity contribution in [3.63, 3.8) is 0 Å². The van der Waals surface area contributed by atoms with Gasteiger partial charge in [0.15, 0.2) is 0 Å². The van der Waals surface area contributed by atoms with E-state index in [1.165, 1.54) is 0 Å². The monoisotopic (exact) mass is 417 g/mol. The number of amides is 1. The van der Waals surface area contributed by atoms with Crippen molar-refractivity contribution in [2.24, 2.45) is 0 Å². The van der Waals surface area contributed by atoms with Crippen LogP contribution < -0.4 is 14.4 Å². The molecule has 0 spiro atoms. The number of anilines is 1. The van der Waals surface area contributed by atoms with E-state index in [2.05, 4.69) is 15.9 Å². The van der Waals surface area contributed by atoms with E-state index in [1.807, 2.05) is 30.3 Å². The molecule has 0 aliphatic carbocycles. The minimum absolute atomic E-state index is 0.109. The van der Waals surface area contributed by atoms with Crippen LogP contribution in [-0.2, 0) is 9.59 Å². The SMILES string of the molecule is O=C(CCCOc1ccccc1Br)Oc1cccc(N2CCCC2=O)c1. The number of hydrogen-bond donors (Lipinski definition) is 0. The van der Waals surface area contributed by atoms with E-state index in [0.717, 1.165) is 22.3 Å². The van der Waals surface area contributed by atoms with E-state index in [-0.39, 0.29) is 18.3 Å². The van der Waals surface area contributed by atoms with Crippen molar-refractivity contribution >= 4 is 33.5 Å². The topological polar surface area (TPSA) is 55.8 Å². The summed E-state index contributed by atoms with van der Waals surface area (Å²) >= 11 is 3.42. The van der Waals surface area contributed by atoms with Gasteiger partial charge in [0.25, 0.3) is 0 Å². The molecule has 1 amide bonds. The van der Waals surface area contributed by atoms with Crippen molar-refractivity contribution in [3.05, 3.63) is 53.0 Å². The molecule has 2 aromatic rings. The molecule has 1 aliphatic heterocycles. The summed E-state index contributed by atoms with van der Waals surface area (Å²) in [6.45, 7) is 1.14. The van der Waals surface area contributed by atoms with Crippen LogP contribution in [0, 0.1) is 0 Å². The second kappa shape index (κ2) is 8.85. The predicted octanol–water partition coefficient (Wildman–Crippen LogP) is 4.34. The molecule has 26 heavy (non-hydrogen) atoms. The third-order valence-electron chi connectivity index (χ3n) is 4.05. The van der Waals surface area contributed by atoms with E-state index < -0.39 is 0 Å². The smallest absolute Gasteiger partial charge is 0.311 e. The lowest BCUT2D eigenvalue weighted by molar-refractivity contribution is -0.134. The zero-order valence-corrected chi connectivity index (χ0v) is 15.9. The molecule has 0 unspecified atom stereocenters. The third-order valence-corrected chi connectivity index (χ3v) is 4.71. The largest absolute Gasteiger partial charge is 0.492 e. The summed E-state index contributed by atoms with van der Waals surface area (Å²) in [7, 11) is 0. The van der Waals surface area contributed by atoms with Gasteiger partial charge in [-0.15, -0.1) is 0 Å². The van der Waals surface area contributed by atoms with Gasteiger partial charge in [-0.3, -0.25) is 9.59 Å².